The lowest BCUT2D eigenvalue weighted by molar-refractivity contribution is -0.148. The average Bonchev–Trinajstić information content (AvgIpc) is 2.53. The fourth-order valence-electron chi connectivity index (χ4n) is 2.06. The van der Waals surface area contributed by atoms with Crippen molar-refractivity contribution in [2.75, 3.05) is 6.61 Å². The summed E-state index contributed by atoms with van der Waals surface area (Å²) < 4.78 is 10.0. The monoisotopic (exact) mass is 321 g/mol. The molecule has 1 N–H and O–H groups in total. The Bertz CT molecular complexity index is 515. The van der Waals surface area contributed by atoms with Crippen molar-refractivity contribution in [3.63, 3.8) is 0 Å². The zero-order valence-corrected chi connectivity index (χ0v) is 13.7. The number of nitrogens with one attached hydrogen (secondary N) is 1. The summed E-state index contributed by atoms with van der Waals surface area (Å²) in [5, 5.41) is 2.44. The highest BCUT2D eigenvalue weighted by Crippen LogP contribution is 2.15. The Labute approximate surface area is 136 Å². The van der Waals surface area contributed by atoms with E-state index >= 15 is 0 Å². The van der Waals surface area contributed by atoms with E-state index in [1.165, 1.54) is 0 Å². The van der Waals surface area contributed by atoms with E-state index in [0.717, 1.165) is 5.56 Å². The first-order valence-corrected chi connectivity index (χ1v) is 7.58. The van der Waals surface area contributed by atoms with Gasteiger partial charge in [0.25, 0.3) is 0 Å². The van der Waals surface area contributed by atoms with E-state index in [9.17, 15) is 14.4 Å². The second kappa shape index (κ2) is 9.61. The number of carbonyl (C=O) groups excluding carboxylic acids is 3. The minimum absolute atomic E-state index is 0.0790. The third kappa shape index (κ3) is 6.10. The Morgan fingerprint density at radius 3 is 2.35 bits per heavy atom. The average molecular weight is 321 g/mol. The van der Waals surface area contributed by atoms with E-state index in [2.05, 4.69) is 5.32 Å². The van der Waals surface area contributed by atoms with Crippen molar-refractivity contribution in [2.24, 2.45) is 11.8 Å². The van der Waals surface area contributed by atoms with Crippen molar-refractivity contribution in [1.29, 1.82) is 0 Å². The molecule has 0 aromatic heterocycles. The summed E-state index contributed by atoms with van der Waals surface area (Å²) >= 11 is 0. The van der Waals surface area contributed by atoms with Crippen molar-refractivity contribution in [3.05, 3.63) is 35.9 Å². The molecule has 0 heterocycles. The van der Waals surface area contributed by atoms with Crippen LogP contribution in [0, 0.1) is 11.8 Å². The van der Waals surface area contributed by atoms with Gasteiger partial charge >= 0.3 is 12.1 Å². The number of esters is 1. The van der Waals surface area contributed by atoms with Crippen LogP contribution in [-0.2, 0) is 25.7 Å². The SMILES string of the molecule is CCOC(=O)[C@@H](NC(=O)OCc1ccccc1)[C@H](C=O)C(C)C. The van der Waals surface area contributed by atoms with Gasteiger partial charge in [-0.1, -0.05) is 44.2 Å². The number of amides is 1. The van der Waals surface area contributed by atoms with Gasteiger partial charge in [0.2, 0.25) is 0 Å². The lowest BCUT2D eigenvalue weighted by atomic mass is 9.90. The minimum atomic E-state index is -1.06. The number of hydrogen-bond donors (Lipinski definition) is 1. The number of benzene rings is 1. The van der Waals surface area contributed by atoms with Gasteiger partial charge in [-0.05, 0) is 18.4 Å². The maximum absolute atomic E-state index is 12.0. The molecule has 6 heteroatoms. The Kier molecular flexibility index (Phi) is 7.80. The largest absolute Gasteiger partial charge is 0.464 e. The smallest absolute Gasteiger partial charge is 0.408 e. The third-order valence-electron chi connectivity index (χ3n) is 3.34. The molecule has 0 fully saturated rings. The van der Waals surface area contributed by atoms with Gasteiger partial charge in [-0.2, -0.15) is 0 Å². The molecule has 0 aliphatic carbocycles. The fraction of sp³-hybridized carbons (Fsp3) is 0.471. The number of ether oxygens (including phenoxy) is 2. The van der Waals surface area contributed by atoms with Crippen molar-refractivity contribution in [3.8, 4) is 0 Å². The van der Waals surface area contributed by atoms with E-state index in [0.29, 0.717) is 6.29 Å². The third-order valence-corrected chi connectivity index (χ3v) is 3.34. The van der Waals surface area contributed by atoms with Gasteiger partial charge in [-0.15, -0.1) is 0 Å². The summed E-state index contributed by atoms with van der Waals surface area (Å²) in [5.74, 6) is -1.45. The molecule has 1 rings (SSSR count). The van der Waals surface area contributed by atoms with Gasteiger partial charge in [0.05, 0.1) is 6.61 Å². The molecular weight excluding hydrogens is 298 g/mol. The van der Waals surface area contributed by atoms with Crippen LogP contribution in [0.25, 0.3) is 0 Å². The predicted molar refractivity (Wildman–Crippen MR) is 84.6 cm³/mol. The molecule has 0 spiro atoms. The molecule has 23 heavy (non-hydrogen) atoms. The molecule has 0 saturated heterocycles. The molecule has 0 saturated carbocycles. The first-order valence-electron chi connectivity index (χ1n) is 7.58. The van der Waals surface area contributed by atoms with E-state index in [-0.39, 0.29) is 19.1 Å². The molecule has 0 radical (unpaired) electrons. The molecular formula is C17H23NO5. The minimum Gasteiger partial charge on any atom is -0.464 e. The molecule has 1 aromatic carbocycles. The summed E-state index contributed by atoms with van der Waals surface area (Å²) in [4.78, 5) is 35.2. The van der Waals surface area contributed by atoms with Gasteiger partial charge < -0.3 is 19.6 Å². The summed E-state index contributed by atoms with van der Waals surface area (Å²) in [5.41, 5.74) is 0.825. The van der Waals surface area contributed by atoms with Gasteiger partial charge in [0.15, 0.2) is 0 Å². The van der Waals surface area contributed by atoms with Crippen LogP contribution in [0.2, 0.25) is 0 Å². The van der Waals surface area contributed by atoms with Gasteiger partial charge in [-0.25, -0.2) is 9.59 Å². The standard InChI is InChI=1S/C17H23NO5/c1-4-22-16(20)15(14(10-19)12(2)3)18-17(21)23-11-13-8-6-5-7-9-13/h5-10,12,14-15H,4,11H2,1-3H3,(H,18,21)/t14-,15+/m1/s1. The Hall–Kier alpha value is -2.37. The zero-order chi connectivity index (χ0) is 17.2. The normalized spacial score (nSPS) is 13.0. The summed E-state index contributed by atoms with van der Waals surface area (Å²) in [6, 6.07) is 8.10. The quantitative estimate of drug-likeness (QED) is 0.587. The molecule has 0 aliphatic heterocycles. The van der Waals surface area contributed by atoms with Crippen molar-refractivity contribution >= 4 is 18.3 Å². The zero-order valence-electron chi connectivity index (χ0n) is 13.7. The van der Waals surface area contributed by atoms with Crippen LogP contribution in [-0.4, -0.2) is 31.0 Å². The van der Waals surface area contributed by atoms with Gasteiger partial charge in [-0.3, -0.25) is 0 Å². The molecule has 0 unspecified atom stereocenters. The van der Waals surface area contributed by atoms with Crippen molar-refractivity contribution < 1.29 is 23.9 Å². The first kappa shape index (κ1) is 18.7. The first-order chi connectivity index (χ1) is 11.0. The molecule has 1 amide bonds. The Balaban J connectivity index is 2.69. The summed E-state index contributed by atoms with van der Waals surface area (Å²) in [6.45, 7) is 5.49. The van der Waals surface area contributed by atoms with E-state index in [1.807, 2.05) is 30.3 Å². The second-order valence-corrected chi connectivity index (χ2v) is 5.39. The number of rotatable bonds is 8. The maximum atomic E-state index is 12.0. The molecule has 1 aromatic rings. The van der Waals surface area contributed by atoms with Crippen molar-refractivity contribution in [2.45, 2.75) is 33.4 Å². The van der Waals surface area contributed by atoms with Crippen LogP contribution in [0.4, 0.5) is 4.79 Å². The maximum Gasteiger partial charge on any atom is 0.408 e. The van der Waals surface area contributed by atoms with Gasteiger partial charge in [0, 0.05) is 5.92 Å². The number of carbonyl (C=O) groups is 3. The van der Waals surface area contributed by atoms with Crippen molar-refractivity contribution in [1.82, 2.24) is 5.32 Å². The van der Waals surface area contributed by atoms with Crippen LogP contribution in [0.3, 0.4) is 0 Å². The van der Waals surface area contributed by atoms with E-state index in [1.54, 1.807) is 20.8 Å². The highest BCUT2D eigenvalue weighted by molar-refractivity contribution is 5.84. The number of hydrogen-bond acceptors (Lipinski definition) is 5. The lowest BCUT2D eigenvalue weighted by Gasteiger charge is -2.24. The molecule has 126 valence electrons. The predicted octanol–water partition coefficient (Wildman–Crippen LogP) is 2.32. The number of aldehydes is 1. The van der Waals surface area contributed by atoms with Crippen LogP contribution in [0.15, 0.2) is 30.3 Å². The summed E-state index contributed by atoms with van der Waals surface area (Å²) in [7, 11) is 0. The van der Waals surface area contributed by atoms with E-state index < -0.39 is 24.0 Å². The summed E-state index contributed by atoms with van der Waals surface area (Å²) in [6.07, 6.45) is -0.108. The van der Waals surface area contributed by atoms with E-state index in [4.69, 9.17) is 9.47 Å². The second-order valence-electron chi connectivity index (χ2n) is 5.39. The van der Waals surface area contributed by atoms with Crippen LogP contribution < -0.4 is 5.32 Å². The highest BCUT2D eigenvalue weighted by Gasteiger charge is 2.33. The molecule has 6 nitrogen and oxygen atoms in total. The molecule has 0 aliphatic rings. The number of alkyl carbamates (subject to hydrolysis) is 1. The lowest BCUT2D eigenvalue weighted by Crippen LogP contribution is -2.49. The Morgan fingerprint density at radius 2 is 1.83 bits per heavy atom. The fourth-order valence-corrected chi connectivity index (χ4v) is 2.06. The van der Waals surface area contributed by atoms with Crippen LogP contribution >= 0.6 is 0 Å². The van der Waals surface area contributed by atoms with Crippen LogP contribution in [0.5, 0.6) is 0 Å². The topological polar surface area (TPSA) is 81.7 Å². The molecule has 2 atom stereocenters. The molecule has 0 bridgehead atoms. The van der Waals surface area contributed by atoms with Gasteiger partial charge in [0.1, 0.15) is 18.9 Å². The highest BCUT2D eigenvalue weighted by atomic mass is 16.6. The van der Waals surface area contributed by atoms with Crippen LogP contribution in [0.1, 0.15) is 26.3 Å². The Morgan fingerprint density at radius 1 is 1.17 bits per heavy atom.